The molecule has 15 heavy (non-hydrogen) atoms. The molecular formula is C12H17N3. The average Bonchev–Trinajstić information content (AvgIpc) is 2.51. The van der Waals surface area contributed by atoms with Crippen molar-refractivity contribution in [2.75, 3.05) is 0 Å². The van der Waals surface area contributed by atoms with E-state index in [1.54, 1.807) is 0 Å². The van der Waals surface area contributed by atoms with Gasteiger partial charge in [0.1, 0.15) is 0 Å². The molecule has 0 bridgehead atoms. The first kappa shape index (κ1) is 10.2. The van der Waals surface area contributed by atoms with Gasteiger partial charge in [-0.15, -0.1) is 0 Å². The summed E-state index contributed by atoms with van der Waals surface area (Å²) in [5.41, 5.74) is 2.01. The summed E-state index contributed by atoms with van der Waals surface area (Å²) < 4.78 is 0. The van der Waals surface area contributed by atoms with E-state index in [2.05, 4.69) is 37.0 Å². The molecule has 0 spiro atoms. The molecule has 3 heteroatoms. The zero-order valence-electron chi connectivity index (χ0n) is 9.59. The van der Waals surface area contributed by atoms with Gasteiger partial charge in [0.2, 0.25) is 0 Å². The molecule has 0 amide bonds. The molecule has 0 unspecified atom stereocenters. The fraction of sp³-hybridized carbons (Fsp3) is 0.667. The zero-order chi connectivity index (χ0) is 11.1. The largest absolute Gasteiger partial charge is 0.282 e. The van der Waals surface area contributed by atoms with Crippen LogP contribution in [0.1, 0.15) is 51.3 Å². The molecule has 0 aliphatic heterocycles. The molecule has 0 aromatic carbocycles. The number of rotatable bonds is 1. The van der Waals surface area contributed by atoms with E-state index in [0.29, 0.717) is 0 Å². The highest BCUT2D eigenvalue weighted by Gasteiger charge is 2.43. The van der Waals surface area contributed by atoms with E-state index in [0.717, 1.165) is 30.5 Å². The highest BCUT2D eigenvalue weighted by Crippen LogP contribution is 2.45. The summed E-state index contributed by atoms with van der Waals surface area (Å²) in [5.74, 6) is 0. The van der Waals surface area contributed by atoms with E-state index in [4.69, 9.17) is 0 Å². The van der Waals surface area contributed by atoms with Crippen molar-refractivity contribution in [3.05, 3.63) is 17.5 Å². The van der Waals surface area contributed by atoms with Crippen molar-refractivity contribution < 1.29 is 0 Å². The molecule has 1 aromatic rings. The molecule has 1 saturated carbocycles. The number of nitrogens with one attached hydrogen (secondary N) is 1. The van der Waals surface area contributed by atoms with Crippen molar-refractivity contribution in [1.29, 1.82) is 5.26 Å². The first-order valence-electron chi connectivity index (χ1n) is 5.45. The van der Waals surface area contributed by atoms with Gasteiger partial charge in [-0.05, 0) is 19.3 Å². The highest BCUT2D eigenvalue weighted by atomic mass is 15.1. The maximum absolute atomic E-state index is 9.31. The van der Waals surface area contributed by atoms with Crippen LogP contribution in [0.4, 0.5) is 0 Å². The number of aromatic amines is 1. The first-order valence-corrected chi connectivity index (χ1v) is 5.45. The Balaban J connectivity index is 2.46. The maximum Gasteiger partial charge on any atom is 0.0855 e. The fourth-order valence-electron chi connectivity index (χ4n) is 2.19. The smallest absolute Gasteiger partial charge is 0.0855 e. The van der Waals surface area contributed by atoms with Crippen LogP contribution < -0.4 is 0 Å². The minimum atomic E-state index is -0.254. The average molecular weight is 203 g/mol. The Labute approximate surface area is 90.5 Å². The van der Waals surface area contributed by atoms with Gasteiger partial charge < -0.3 is 0 Å². The summed E-state index contributed by atoms with van der Waals surface area (Å²) in [7, 11) is 0. The minimum absolute atomic E-state index is 0.0330. The van der Waals surface area contributed by atoms with Crippen molar-refractivity contribution in [1.82, 2.24) is 10.2 Å². The summed E-state index contributed by atoms with van der Waals surface area (Å²) >= 11 is 0. The second-order valence-electron chi connectivity index (χ2n) is 5.46. The number of nitrogens with zero attached hydrogens (tertiary/aromatic N) is 2. The molecule has 3 nitrogen and oxygen atoms in total. The van der Waals surface area contributed by atoms with Crippen molar-refractivity contribution in [3.8, 4) is 6.07 Å². The van der Waals surface area contributed by atoms with Crippen LogP contribution in [0.2, 0.25) is 0 Å². The van der Waals surface area contributed by atoms with Gasteiger partial charge in [0, 0.05) is 16.7 Å². The number of hydrogen-bond acceptors (Lipinski definition) is 2. The number of H-pyrrole nitrogens is 1. The lowest BCUT2D eigenvalue weighted by atomic mass is 9.64. The summed E-state index contributed by atoms with van der Waals surface area (Å²) in [6.07, 6.45) is 4.95. The molecular weight excluding hydrogens is 186 g/mol. The minimum Gasteiger partial charge on any atom is -0.282 e. The highest BCUT2D eigenvalue weighted by molar-refractivity contribution is 5.39. The topological polar surface area (TPSA) is 52.5 Å². The molecule has 2 rings (SSSR count). The molecule has 0 atom stereocenters. The van der Waals surface area contributed by atoms with Crippen molar-refractivity contribution in [3.63, 3.8) is 0 Å². The zero-order valence-corrected chi connectivity index (χ0v) is 9.59. The predicted molar refractivity (Wildman–Crippen MR) is 58.4 cm³/mol. The molecule has 1 N–H and O–H groups in total. The molecule has 1 aliphatic rings. The Morgan fingerprint density at radius 3 is 2.53 bits per heavy atom. The van der Waals surface area contributed by atoms with E-state index in [9.17, 15) is 5.26 Å². The molecule has 1 aromatic heterocycles. The molecule has 0 saturated heterocycles. The third-order valence-electron chi connectivity index (χ3n) is 3.33. The first-order chi connectivity index (χ1) is 6.99. The van der Waals surface area contributed by atoms with Crippen LogP contribution in [0.3, 0.4) is 0 Å². The van der Waals surface area contributed by atoms with Crippen LogP contribution in [0.15, 0.2) is 6.20 Å². The molecule has 1 heterocycles. The number of nitriles is 1. The van der Waals surface area contributed by atoms with E-state index in [-0.39, 0.29) is 10.8 Å². The van der Waals surface area contributed by atoms with E-state index < -0.39 is 0 Å². The lowest BCUT2D eigenvalue weighted by Crippen LogP contribution is -2.34. The van der Waals surface area contributed by atoms with Gasteiger partial charge in [0.25, 0.3) is 0 Å². The standard InChI is InChI=1S/C12H17N3/c1-11(2,3)10-9(7-14-15-10)12(8-13)5-4-6-12/h7H,4-6H2,1-3H3,(H,14,15). The second kappa shape index (κ2) is 3.10. The summed E-state index contributed by atoms with van der Waals surface area (Å²) in [6.45, 7) is 6.44. The van der Waals surface area contributed by atoms with Crippen LogP contribution in [-0.4, -0.2) is 10.2 Å². The van der Waals surface area contributed by atoms with Gasteiger partial charge in [0.15, 0.2) is 0 Å². The van der Waals surface area contributed by atoms with Crippen LogP contribution >= 0.6 is 0 Å². The van der Waals surface area contributed by atoms with Crippen molar-refractivity contribution in [2.24, 2.45) is 0 Å². The molecule has 1 fully saturated rings. The van der Waals surface area contributed by atoms with Crippen LogP contribution in [-0.2, 0) is 10.8 Å². The van der Waals surface area contributed by atoms with Gasteiger partial charge in [-0.1, -0.05) is 20.8 Å². The fourth-order valence-corrected chi connectivity index (χ4v) is 2.19. The third-order valence-corrected chi connectivity index (χ3v) is 3.33. The SMILES string of the molecule is CC(C)(C)c1[nH]ncc1C1(C#N)CCC1. The van der Waals surface area contributed by atoms with Crippen LogP contribution in [0.25, 0.3) is 0 Å². The Hall–Kier alpha value is -1.30. The van der Waals surface area contributed by atoms with Crippen molar-refractivity contribution >= 4 is 0 Å². The Morgan fingerprint density at radius 2 is 2.13 bits per heavy atom. The molecule has 0 radical (unpaired) electrons. The second-order valence-corrected chi connectivity index (χ2v) is 5.46. The number of aromatic nitrogens is 2. The normalized spacial score (nSPS) is 19.3. The van der Waals surface area contributed by atoms with Gasteiger partial charge in [0.05, 0.1) is 17.7 Å². The van der Waals surface area contributed by atoms with Crippen LogP contribution in [0, 0.1) is 11.3 Å². The van der Waals surface area contributed by atoms with E-state index in [1.807, 2.05) is 6.20 Å². The summed E-state index contributed by atoms with van der Waals surface area (Å²) in [6, 6.07) is 2.47. The monoisotopic (exact) mass is 203 g/mol. The van der Waals surface area contributed by atoms with E-state index >= 15 is 0 Å². The Morgan fingerprint density at radius 1 is 1.47 bits per heavy atom. The molecule has 80 valence electrons. The summed E-state index contributed by atoms with van der Waals surface area (Å²) in [4.78, 5) is 0. The van der Waals surface area contributed by atoms with Gasteiger partial charge >= 0.3 is 0 Å². The maximum atomic E-state index is 9.31. The summed E-state index contributed by atoms with van der Waals surface area (Å²) in [5, 5.41) is 16.5. The Bertz CT molecular complexity index is 399. The Kier molecular flexibility index (Phi) is 2.11. The lowest BCUT2D eigenvalue weighted by molar-refractivity contribution is 0.318. The predicted octanol–water partition coefficient (Wildman–Crippen LogP) is 2.65. The van der Waals surface area contributed by atoms with Crippen LogP contribution in [0.5, 0.6) is 0 Å². The lowest BCUT2D eigenvalue weighted by Gasteiger charge is -2.36. The third kappa shape index (κ3) is 1.45. The quantitative estimate of drug-likeness (QED) is 0.762. The van der Waals surface area contributed by atoms with Gasteiger partial charge in [-0.25, -0.2) is 0 Å². The van der Waals surface area contributed by atoms with E-state index in [1.165, 1.54) is 0 Å². The van der Waals surface area contributed by atoms with Gasteiger partial charge in [-0.2, -0.15) is 10.4 Å². The number of hydrogen-bond donors (Lipinski definition) is 1. The molecule has 1 aliphatic carbocycles. The van der Waals surface area contributed by atoms with Gasteiger partial charge in [-0.3, -0.25) is 5.10 Å². The van der Waals surface area contributed by atoms with Crippen molar-refractivity contribution in [2.45, 2.75) is 50.9 Å².